The maximum atomic E-state index is 6.36. The number of halogens is 1. The van der Waals surface area contributed by atoms with E-state index >= 15 is 0 Å². The third-order valence-corrected chi connectivity index (χ3v) is 4.98. The summed E-state index contributed by atoms with van der Waals surface area (Å²) in [5.74, 6) is 0.850. The van der Waals surface area contributed by atoms with E-state index in [0.717, 1.165) is 48.3 Å². The van der Waals surface area contributed by atoms with E-state index in [0.29, 0.717) is 0 Å². The second-order valence-corrected chi connectivity index (χ2v) is 7.12. The molecule has 1 atom stereocenters. The molecule has 1 aliphatic rings. The summed E-state index contributed by atoms with van der Waals surface area (Å²) in [6.07, 6.45) is 6.32. The summed E-state index contributed by atoms with van der Waals surface area (Å²) in [5.41, 5.74) is 2.24. The van der Waals surface area contributed by atoms with E-state index in [-0.39, 0.29) is 6.04 Å². The predicted octanol–water partition coefficient (Wildman–Crippen LogP) is 3.12. The van der Waals surface area contributed by atoms with Gasteiger partial charge in [0.2, 0.25) is 5.95 Å². The van der Waals surface area contributed by atoms with Gasteiger partial charge in [-0.1, -0.05) is 29.8 Å². The lowest BCUT2D eigenvalue weighted by molar-refractivity contribution is 0.288. The minimum atomic E-state index is 0.221. The highest BCUT2D eigenvalue weighted by Crippen LogP contribution is 2.25. The Morgan fingerprint density at radius 1 is 1.16 bits per heavy atom. The van der Waals surface area contributed by atoms with Crippen molar-refractivity contribution in [2.45, 2.75) is 25.4 Å². The Bertz CT molecular complexity index is 668. The van der Waals surface area contributed by atoms with Gasteiger partial charge in [0.05, 0.1) is 0 Å². The van der Waals surface area contributed by atoms with E-state index in [9.17, 15) is 0 Å². The molecule has 2 aromatic rings. The Labute approximate surface area is 155 Å². The van der Waals surface area contributed by atoms with Gasteiger partial charge in [-0.2, -0.15) is 0 Å². The molecule has 0 amide bonds. The standard InChI is InChI=1S/C19H26ClN5/c1-24(2)18(16-7-3-4-8-17(16)20)14-21-11-15-12-22-19(23-13-15)25-9-5-6-10-25/h3-4,7-8,12-13,18,21H,5-6,9-11,14H2,1-2H3. The molecule has 1 aromatic carbocycles. The van der Waals surface area contributed by atoms with Crippen LogP contribution in [0.1, 0.15) is 30.0 Å². The molecule has 5 nitrogen and oxygen atoms in total. The second-order valence-electron chi connectivity index (χ2n) is 6.72. The monoisotopic (exact) mass is 359 g/mol. The average molecular weight is 360 g/mol. The van der Waals surface area contributed by atoms with E-state index in [4.69, 9.17) is 11.6 Å². The summed E-state index contributed by atoms with van der Waals surface area (Å²) in [4.78, 5) is 13.4. The Hall–Kier alpha value is -1.69. The van der Waals surface area contributed by atoms with Crippen LogP contribution in [0.2, 0.25) is 5.02 Å². The Balaban J connectivity index is 1.56. The van der Waals surface area contributed by atoms with E-state index in [1.165, 1.54) is 12.8 Å². The van der Waals surface area contributed by atoms with Crippen LogP contribution >= 0.6 is 11.6 Å². The maximum absolute atomic E-state index is 6.36. The summed E-state index contributed by atoms with van der Waals surface area (Å²) < 4.78 is 0. The first-order chi connectivity index (χ1) is 12.1. The molecule has 0 saturated carbocycles. The second kappa shape index (κ2) is 8.61. The van der Waals surface area contributed by atoms with Crippen LogP contribution in [-0.2, 0) is 6.54 Å². The van der Waals surface area contributed by atoms with Crippen LogP contribution in [-0.4, -0.2) is 48.6 Å². The number of likely N-dealkylation sites (N-methyl/N-ethyl adjacent to an activating group) is 1. The number of hydrogen-bond acceptors (Lipinski definition) is 5. The minimum absolute atomic E-state index is 0.221. The highest BCUT2D eigenvalue weighted by Gasteiger charge is 2.17. The number of benzene rings is 1. The van der Waals surface area contributed by atoms with Gasteiger partial charge in [0.1, 0.15) is 0 Å². The van der Waals surface area contributed by atoms with Crippen molar-refractivity contribution >= 4 is 17.5 Å². The van der Waals surface area contributed by atoms with E-state index in [1.807, 2.05) is 30.6 Å². The highest BCUT2D eigenvalue weighted by molar-refractivity contribution is 6.31. The molecule has 0 bridgehead atoms. The first-order valence-corrected chi connectivity index (χ1v) is 9.20. The number of nitrogens with one attached hydrogen (secondary N) is 1. The van der Waals surface area contributed by atoms with Crippen molar-refractivity contribution in [3.63, 3.8) is 0 Å². The Morgan fingerprint density at radius 2 is 1.84 bits per heavy atom. The lowest BCUT2D eigenvalue weighted by Crippen LogP contribution is -2.31. The van der Waals surface area contributed by atoms with Gasteiger partial charge < -0.3 is 15.1 Å². The smallest absolute Gasteiger partial charge is 0.225 e. The molecule has 1 saturated heterocycles. The summed E-state index contributed by atoms with van der Waals surface area (Å²) >= 11 is 6.36. The molecule has 3 rings (SSSR count). The molecular weight excluding hydrogens is 334 g/mol. The van der Waals surface area contributed by atoms with Crippen LogP contribution in [0.15, 0.2) is 36.7 Å². The van der Waals surface area contributed by atoms with Gasteiger partial charge in [-0.3, -0.25) is 0 Å². The van der Waals surface area contributed by atoms with Crippen molar-refractivity contribution in [2.24, 2.45) is 0 Å². The molecule has 1 aromatic heterocycles. The molecule has 1 N–H and O–H groups in total. The van der Waals surface area contributed by atoms with Gasteiger partial charge in [0.25, 0.3) is 0 Å². The molecule has 6 heteroatoms. The topological polar surface area (TPSA) is 44.3 Å². The van der Waals surface area contributed by atoms with E-state index in [1.54, 1.807) is 0 Å². The third-order valence-electron chi connectivity index (χ3n) is 4.63. The van der Waals surface area contributed by atoms with Crippen LogP contribution in [0.5, 0.6) is 0 Å². The fourth-order valence-corrected chi connectivity index (χ4v) is 3.45. The third kappa shape index (κ3) is 4.69. The first-order valence-electron chi connectivity index (χ1n) is 8.82. The quantitative estimate of drug-likeness (QED) is 0.822. The van der Waals surface area contributed by atoms with Crippen LogP contribution in [0.25, 0.3) is 0 Å². The molecule has 1 fully saturated rings. The van der Waals surface area contributed by atoms with Crippen LogP contribution < -0.4 is 10.2 Å². The zero-order chi connectivity index (χ0) is 17.6. The molecule has 2 heterocycles. The molecule has 0 radical (unpaired) electrons. The van der Waals surface area contributed by atoms with Crippen LogP contribution in [0.3, 0.4) is 0 Å². The first kappa shape index (κ1) is 18.1. The normalized spacial score (nSPS) is 15.8. The average Bonchev–Trinajstić information content (AvgIpc) is 3.14. The fraction of sp³-hybridized carbons (Fsp3) is 0.474. The molecular formula is C19H26ClN5. The molecule has 1 unspecified atom stereocenters. The summed E-state index contributed by atoms with van der Waals surface area (Å²) in [6.45, 7) is 3.69. The molecule has 1 aliphatic heterocycles. The van der Waals surface area contributed by atoms with Gasteiger partial charge in [-0.15, -0.1) is 0 Å². The number of rotatable bonds is 7. The molecule has 134 valence electrons. The predicted molar refractivity (Wildman–Crippen MR) is 103 cm³/mol. The van der Waals surface area contributed by atoms with Gasteiger partial charge in [-0.05, 0) is 38.6 Å². The van der Waals surface area contributed by atoms with Gasteiger partial charge in [0.15, 0.2) is 0 Å². The summed E-state index contributed by atoms with van der Waals surface area (Å²) in [5, 5.41) is 4.31. The van der Waals surface area contributed by atoms with Crippen molar-refractivity contribution < 1.29 is 0 Å². The lowest BCUT2D eigenvalue weighted by Gasteiger charge is -2.26. The molecule has 0 spiro atoms. The van der Waals surface area contributed by atoms with E-state index in [2.05, 4.69) is 45.2 Å². The Morgan fingerprint density at radius 3 is 2.48 bits per heavy atom. The number of hydrogen-bond donors (Lipinski definition) is 1. The van der Waals surface area contributed by atoms with E-state index < -0.39 is 0 Å². The van der Waals surface area contributed by atoms with Gasteiger partial charge in [0, 0.05) is 55.2 Å². The maximum Gasteiger partial charge on any atom is 0.225 e. The van der Waals surface area contributed by atoms with Crippen LogP contribution in [0.4, 0.5) is 5.95 Å². The Kier molecular flexibility index (Phi) is 6.24. The number of anilines is 1. The van der Waals surface area contributed by atoms with Crippen molar-refractivity contribution in [2.75, 3.05) is 38.6 Å². The van der Waals surface area contributed by atoms with Crippen molar-refractivity contribution in [3.8, 4) is 0 Å². The zero-order valence-electron chi connectivity index (χ0n) is 15.0. The van der Waals surface area contributed by atoms with Crippen LogP contribution in [0, 0.1) is 0 Å². The SMILES string of the molecule is CN(C)C(CNCc1cnc(N2CCCC2)nc1)c1ccccc1Cl. The van der Waals surface area contributed by atoms with Gasteiger partial charge in [-0.25, -0.2) is 9.97 Å². The lowest BCUT2D eigenvalue weighted by atomic mass is 10.1. The van der Waals surface area contributed by atoms with Gasteiger partial charge >= 0.3 is 0 Å². The zero-order valence-corrected chi connectivity index (χ0v) is 15.7. The van der Waals surface area contributed by atoms with Crippen molar-refractivity contribution in [1.29, 1.82) is 0 Å². The minimum Gasteiger partial charge on any atom is -0.341 e. The summed E-state index contributed by atoms with van der Waals surface area (Å²) in [6, 6.07) is 8.24. The molecule has 0 aliphatic carbocycles. The summed E-state index contributed by atoms with van der Waals surface area (Å²) in [7, 11) is 4.15. The largest absolute Gasteiger partial charge is 0.341 e. The van der Waals surface area contributed by atoms with Crippen molar-refractivity contribution in [3.05, 3.63) is 52.8 Å². The van der Waals surface area contributed by atoms with Crippen molar-refractivity contribution in [1.82, 2.24) is 20.2 Å². The number of aromatic nitrogens is 2. The highest BCUT2D eigenvalue weighted by atomic mass is 35.5. The fourth-order valence-electron chi connectivity index (χ4n) is 3.19. The molecule has 25 heavy (non-hydrogen) atoms. The number of nitrogens with zero attached hydrogens (tertiary/aromatic N) is 4.